The third-order valence-corrected chi connectivity index (χ3v) is 4.93. The van der Waals surface area contributed by atoms with Gasteiger partial charge in [0, 0.05) is 32.2 Å². The Morgan fingerprint density at radius 3 is 2.75 bits per heavy atom. The fraction of sp³-hybridized carbons (Fsp3) is 0.647. The topological polar surface area (TPSA) is 6.48 Å². The number of fused-ring (bicyclic) bond motifs is 1. The first-order valence-corrected chi connectivity index (χ1v) is 7.82. The zero-order valence-electron chi connectivity index (χ0n) is 12.6. The molecule has 2 atom stereocenters. The van der Waals surface area contributed by atoms with E-state index in [2.05, 4.69) is 23.6 Å². The van der Waals surface area contributed by atoms with Crippen LogP contribution in [0, 0.1) is 17.7 Å². The molecule has 3 heteroatoms. The van der Waals surface area contributed by atoms with Crippen molar-refractivity contribution < 1.29 is 4.39 Å². The van der Waals surface area contributed by atoms with Crippen LogP contribution in [0.5, 0.6) is 0 Å². The molecular weight excluding hydrogens is 251 g/mol. The first kappa shape index (κ1) is 14.0. The SMILES string of the molecule is CC(C)N1CC[C@@H]2CN(Cc3cccc(F)c3)C[C@@H]2C1. The van der Waals surface area contributed by atoms with Crippen molar-refractivity contribution in [1.29, 1.82) is 0 Å². The minimum atomic E-state index is -0.120. The van der Waals surface area contributed by atoms with Gasteiger partial charge in [-0.3, -0.25) is 4.90 Å². The Hall–Kier alpha value is -0.930. The molecule has 1 aromatic carbocycles. The van der Waals surface area contributed by atoms with E-state index in [4.69, 9.17) is 0 Å². The van der Waals surface area contributed by atoms with Gasteiger partial charge in [-0.25, -0.2) is 4.39 Å². The predicted molar refractivity (Wildman–Crippen MR) is 80.0 cm³/mol. The van der Waals surface area contributed by atoms with Crippen LogP contribution in [0.1, 0.15) is 25.8 Å². The van der Waals surface area contributed by atoms with E-state index in [1.54, 1.807) is 6.07 Å². The summed E-state index contributed by atoms with van der Waals surface area (Å²) in [5.41, 5.74) is 1.10. The van der Waals surface area contributed by atoms with Gasteiger partial charge < -0.3 is 4.90 Å². The van der Waals surface area contributed by atoms with Crippen molar-refractivity contribution in [3.8, 4) is 0 Å². The van der Waals surface area contributed by atoms with Crippen molar-refractivity contribution in [2.75, 3.05) is 26.2 Å². The number of halogens is 1. The van der Waals surface area contributed by atoms with Gasteiger partial charge in [0.15, 0.2) is 0 Å². The molecule has 0 N–H and O–H groups in total. The average molecular weight is 276 g/mol. The summed E-state index contributed by atoms with van der Waals surface area (Å²) >= 11 is 0. The second kappa shape index (κ2) is 5.82. The monoisotopic (exact) mass is 276 g/mol. The molecule has 20 heavy (non-hydrogen) atoms. The lowest BCUT2D eigenvalue weighted by Crippen LogP contribution is -2.43. The van der Waals surface area contributed by atoms with Crippen LogP contribution in [0.15, 0.2) is 24.3 Å². The Bertz CT molecular complexity index is 460. The molecule has 2 fully saturated rings. The summed E-state index contributed by atoms with van der Waals surface area (Å²) in [6.45, 7) is 10.3. The maximum atomic E-state index is 13.3. The fourth-order valence-electron chi connectivity index (χ4n) is 3.79. The van der Waals surface area contributed by atoms with E-state index in [0.717, 1.165) is 23.9 Å². The van der Waals surface area contributed by atoms with Crippen LogP contribution in [-0.4, -0.2) is 42.0 Å². The van der Waals surface area contributed by atoms with Gasteiger partial charge in [-0.05, 0) is 56.3 Å². The van der Waals surface area contributed by atoms with Gasteiger partial charge in [0.2, 0.25) is 0 Å². The summed E-state index contributed by atoms with van der Waals surface area (Å²) in [7, 11) is 0. The first-order chi connectivity index (χ1) is 9.61. The Morgan fingerprint density at radius 2 is 2.00 bits per heavy atom. The molecule has 0 amide bonds. The number of rotatable bonds is 3. The minimum absolute atomic E-state index is 0.120. The zero-order chi connectivity index (χ0) is 14.1. The highest BCUT2D eigenvalue weighted by Gasteiger charge is 2.37. The van der Waals surface area contributed by atoms with E-state index in [0.29, 0.717) is 6.04 Å². The number of likely N-dealkylation sites (tertiary alicyclic amines) is 2. The van der Waals surface area contributed by atoms with E-state index in [1.165, 1.54) is 38.7 Å². The lowest BCUT2D eigenvalue weighted by molar-refractivity contribution is 0.118. The van der Waals surface area contributed by atoms with Gasteiger partial charge in [0.05, 0.1) is 0 Å². The van der Waals surface area contributed by atoms with Gasteiger partial charge in [-0.2, -0.15) is 0 Å². The molecule has 2 nitrogen and oxygen atoms in total. The molecule has 1 aromatic rings. The van der Waals surface area contributed by atoms with E-state index >= 15 is 0 Å². The smallest absolute Gasteiger partial charge is 0.123 e. The summed E-state index contributed by atoms with van der Waals surface area (Å²) in [6.07, 6.45) is 1.32. The summed E-state index contributed by atoms with van der Waals surface area (Å²) in [5.74, 6) is 1.53. The van der Waals surface area contributed by atoms with Crippen molar-refractivity contribution in [2.45, 2.75) is 32.9 Å². The molecule has 3 rings (SSSR count). The van der Waals surface area contributed by atoms with Gasteiger partial charge >= 0.3 is 0 Å². The molecule has 0 aliphatic carbocycles. The van der Waals surface area contributed by atoms with E-state index in [9.17, 15) is 4.39 Å². The Morgan fingerprint density at radius 1 is 1.20 bits per heavy atom. The van der Waals surface area contributed by atoms with Crippen LogP contribution in [0.3, 0.4) is 0 Å². The van der Waals surface area contributed by atoms with Gasteiger partial charge in [-0.15, -0.1) is 0 Å². The van der Waals surface area contributed by atoms with Crippen LogP contribution in [0.25, 0.3) is 0 Å². The largest absolute Gasteiger partial charge is 0.301 e. The molecule has 0 aromatic heterocycles. The van der Waals surface area contributed by atoms with Gasteiger partial charge in [0.1, 0.15) is 5.82 Å². The normalized spacial score (nSPS) is 28.0. The summed E-state index contributed by atoms with van der Waals surface area (Å²) < 4.78 is 13.3. The molecule has 0 saturated carbocycles. The zero-order valence-corrected chi connectivity index (χ0v) is 12.6. The second-order valence-corrected chi connectivity index (χ2v) is 6.72. The predicted octanol–water partition coefficient (Wildman–Crippen LogP) is 2.99. The lowest BCUT2D eigenvalue weighted by Gasteiger charge is -2.36. The van der Waals surface area contributed by atoms with Gasteiger partial charge in [0.25, 0.3) is 0 Å². The Kier molecular flexibility index (Phi) is 4.08. The molecule has 0 bridgehead atoms. The third-order valence-electron chi connectivity index (χ3n) is 4.93. The van der Waals surface area contributed by atoms with Gasteiger partial charge in [-0.1, -0.05) is 12.1 Å². The molecule has 110 valence electrons. The minimum Gasteiger partial charge on any atom is -0.301 e. The van der Waals surface area contributed by atoms with E-state index in [1.807, 2.05) is 12.1 Å². The fourth-order valence-corrected chi connectivity index (χ4v) is 3.79. The molecule has 2 aliphatic rings. The van der Waals surface area contributed by atoms with E-state index < -0.39 is 0 Å². The van der Waals surface area contributed by atoms with Crippen LogP contribution in [-0.2, 0) is 6.54 Å². The number of hydrogen-bond donors (Lipinski definition) is 0. The highest BCUT2D eigenvalue weighted by molar-refractivity contribution is 5.16. The number of benzene rings is 1. The van der Waals surface area contributed by atoms with Crippen molar-refractivity contribution in [2.24, 2.45) is 11.8 Å². The molecular formula is C17H25FN2. The maximum absolute atomic E-state index is 13.3. The lowest BCUT2D eigenvalue weighted by atomic mass is 9.88. The number of hydrogen-bond acceptors (Lipinski definition) is 2. The number of nitrogens with zero attached hydrogens (tertiary/aromatic N) is 2. The standard InChI is InChI=1S/C17H25FN2/c1-13(2)20-7-6-15-10-19(11-16(15)12-20)9-14-4-3-5-17(18)8-14/h3-5,8,13,15-16H,6-7,9-12H2,1-2H3/t15-,16-/m1/s1. The Labute approximate surface area is 121 Å². The highest BCUT2D eigenvalue weighted by atomic mass is 19.1. The highest BCUT2D eigenvalue weighted by Crippen LogP contribution is 2.32. The summed E-state index contributed by atoms with van der Waals surface area (Å²) in [4.78, 5) is 5.11. The first-order valence-electron chi connectivity index (χ1n) is 7.82. The van der Waals surface area contributed by atoms with Crippen LogP contribution in [0.4, 0.5) is 4.39 Å². The molecule has 0 unspecified atom stereocenters. The summed E-state index contributed by atoms with van der Waals surface area (Å²) in [6, 6.07) is 7.70. The van der Waals surface area contributed by atoms with Crippen molar-refractivity contribution in [1.82, 2.24) is 9.80 Å². The Balaban J connectivity index is 1.59. The molecule has 2 saturated heterocycles. The molecule has 2 aliphatic heterocycles. The van der Waals surface area contributed by atoms with Crippen molar-refractivity contribution in [3.63, 3.8) is 0 Å². The van der Waals surface area contributed by atoms with Crippen LogP contribution in [0.2, 0.25) is 0 Å². The average Bonchev–Trinajstić information content (AvgIpc) is 2.79. The third kappa shape index (κ3) is 3.04. The van der Waals surface area contributed by atoms with E-state index in [-0.39, 0.29) is 5.82 Å². The number of piperidine rings is 1. The molecule has 0 spiro atoms. The molecule has 2 heterocycles. The quantitative estimate of drug-likeness (QED) is 0.837. The molecule has 0 radical (unpaired) electrons. The van der Waals surface area contributed by atoms with Crippen molar-refractivity contribution in [3.05, 3.63) is 35.6 Å². The van der Waals surface area contributed by atoms with Crippen molar-refractivity contribution >= 4 is 0 Å². The maximum Gasteiger partial charge on any atom is 0.123 e. The summed E-state index contributed by atoms with van der Waals surface area (Å²) in [5, 5.41) is 0. The van der Waals surface area contributed by atoms with Crippen LogP contribution < -0.4 is 0 Å². The second-order valence-electron chi connectivity index (χ2n) is 6.72. The van der Waals surface area contributed by atoms with Crippen LogP contribution >= 0.6 is 0 Å².